The van der Waals surface area contributed by atoms with Crippen LogP contribution in [0, 0.1) is 0 Å². The fraction of sp³-hybridized carbons (Fsp3) is 0.471. The van der Waals surface area contributed by atoms with Crippen LogP contribution >= 0.6 is 0 Å². The molecule has 0 saturated heterocycles. The molecule has 1 aliphatic rings. The minimum Gasteiger partial charge on any atom is -0.467 e. The molecule has 1 saturated carbocycles. The minimum absolute atomic E-state index is 0.295. The molecule has 0 spiro atoms. The molecule has 4 nitrogen and oxygen atoms in total. The van der Waals surface area contributed by atoms with Gasteiger partial charge in [0.15, 0.2) is 0 Å². The van der Waals surface area contributed by atoms with Crippen molar-refractivity contribution in [1.29, 1.82) is 0 Å². The Hall–Kier alpha value is -1.81. The zero-order chi connectivity index (χ0) is 14.7. The van der Waals surface area contributed by atoms with E-state index in [0.29, 0.717) is 12.1 Å². The van der Waals surface area contributed by atoms with Crippen molar-refractivity contribution in [3.8, 4) is 0 Å². The van der Waals surface area contributed by atoms with E-state index in [1.165, 1.54) is 18.5 Å². The van der Waals surface area contributed by atoms with Gasteiger partial charge in [0, 0.05) is 12.1 Å². The zero-order valence-electron chi connectivity index (χ0n) is 12.7. The molecular formula is C17H23N3O. The average Bonchev–Trinajstić information content (AvgIpc) is 3.22. The van der Waals surface area contributed by atoms with Crippen LogP contribution in [0.3, 0.4) is 0 Å². The van der Waals surface area contributed by atoms with E-state index in [1.807, 2.05) is 18.3 Å². The maximum atomic E-state index is 5.49. The lowest BCUT2D eigenvalue weighted by atomic mass is 10.2. The Kier molecular flexibility index (Phi) is 4.25. The molecule has 3 rings (SSSR count). The molecule has 0 amide bonds. The highest BCUT2D eigenvalue weighted by atomic mass is 16.3. The van der Waals surface area contributed by atoms with E-state index in [-0.39, 0.29) is 0 Å². The van der Waals surface area contributed by atoms with Crippen LogP contribution in [-0.4, -0.2) is 17.6 Å². The molecule has 1 atom stereocenters. The van der Waals surface area contributed by atoms with Crippen LogP contribution in [0.4, 0.5) is 5.69 Å². The lowest BCUT2D eigenvalue weighted by molar-refractivity contribution is 0.501. The summed E-state index contributed by atoms with van der Waals surface area (Å²) < 4.78 is 5.49. The first kappa shape index (κ1) is 14.1. The molecule has 1 N–H and O–H groups in total. The number of nitrogens with one attached hydrogen (secondary N) is 1. The van der Waals surface area contributed by atoms with E-state index in [0.717, 1.165) is 24.5 Å². The van der Waals surface area contributed by atoms with E-state index in [9.17, 15) is 0 Å². The van der Waals surface area contributed by atoms with E-state index in [2.05, 4.69) is 41.2 Å². The summed E-state index contributed by atoms with van der Waals surface area (Å²) in [6.45, 7) is 6.04. The number of rotatable bonds is 7. The molecule has 2 heterocycles. The number of anilines is 1. The van der Waals surface area contributed by atoms with Gasteiger partial charge in [-0.3, -0.25) is 4.98 Å². The summed E-state index contributed by atoms with van der Waals surface area (Å²) in [6.07, 6.45) is 6.25. The van der Waals surface area contributed by atoms with Crippen molar-refractivity contribution < 1.29 is 4.42 Å². The maximum absolute atomic E-state index is 5.49. The fourth-order valence-corrected chi connectivity index (χ4v) is 2.62. The summed E-state index contributed by atoms with van der Waals surface area (Å²) in [5, 5.41) is 3.39. The first-order chi connectivity index (χ1) is 10.3. The summed E-state index contributed by atoms with van der Waals surface area (Å²) >= 11 is 0. The summed E-state index contributed by atoms with van der Waals surface area (Å²) in [4.78, 5) is 7.02. The molecular weight excluding hydrogens is 262 g/mol. The molecule has 0 radical (unpaired) electrons. The summed E-state index contributed by atoms with van der Waals surface area (Å²) in [5.41, 5.74) is 2.27. The van der Waals surface area contributed by atoms with E-state index in [4.69, 9.17) is 4.42 Å². The second kappa shape index (κ2) is 6.31. The van der Waals surface area contributed by atoms with Crippen molar-refractivity contribution in [1.82, 2.24) is 10.3 Å². The van der Waals surface area contributed by atoms with Crippen molar-refractivity contribution >= 4 is 5.69 Å². The first-order valence-electron chi connectivity index (χ1n) is 7.76. The van der Waals surface area contributed by atoms with Gasteiger partial charge >= 0.3 is 0 Å². The Balaban J connectivity index is 1.74. The Labute approximate surface area is 126 Å². The molecule has 0 aromatic carbocycles. The Morgan fingerprint density at radius 1 is 1.38 bits per heavy atom. The smallest absolute Gasteiger partial charge is 0.123 e. The van der Waals surface area contributed by atoms with Crippen LogP contribution in [0.2, 0.25) is 0 Å². The molecule has 0 aliphatic heterocycles. The highest BCUT2D eigenvalue weighted by Gasteiger charge is 2.30. The molecule has 1 unspecified atom stereocenters. The SMILES string of the molecule is CCNC(C)c1ccc(N(Cc2ccco2)C2CC2)cn1. The number of aromatic nitrogens is 1. The Morgan fingerprint density at radius 2 is 2.24 bits per heavy atom. The van der Waals surface area contributed by atoms with Gasteiger partial charge < -0.3 is 14.6 Å². The third-order valence-electron chi connectivity index (χ3n) is 3.95. The molecule has 2 aromatic heterocycles. The van der Waals surface area contributed by atoms with Gasteiger partial charge in [-0.2, -0.15) is 0 Å². The molecule has 0 bridgehead atoms. The quantitative estimate of drug-likeness (QED) is 0.845. The normalized spacial score (nSPS) is 15.9. The zero-order valence-corrected chi connectivity index (χ0v) is 12.7. The van der Waals surface area contributed by atoms with E-state index < -0.39 is 0 Å². The van der Waals surface area contributed by atoms with Crippen LogP contribution in [-0.2, 0) is 6.54 Å². The van der Waals surface area contributed by atoms with Crippen molar-refractivity contribution in [2.45, 2.75) is 45.3 Å². The lowest BCUT2D eigenvalue weighted by Gasteiger charge is -2.24. The fourth-order valence-electron chi connectivity index (χ4n) is 2.62. The number of pyridine rings is 1. The number of furan rings is 1. The van der Waals surface area contributed by atoms with Gasteiger partial charge in [-0.1, -0.05) is 6.92 Å². The van der Waals surface area contributed by atoms with Crippen LogP contribution in [0.25, 0.3) is 0 Å². The molecule has 4 heteroatoms. The standard InChI is InChI=1S/C17H23N3O/c1-3-18-13(2)17-9-8-15(11-19-17)20(14-6-7-14)12-16-5-4-10-21-16/h4-5,8-11,13-14,18H,3,6-7,12H2,1-2H3. The van der Waals surface area contributed by atoms with Crippen molar-refractivity contribution in [2.75, 3.05) is 11.4 Å². The van der Waals surface area contributed by atoms with Crippen LogP contribution in [0.15, 0.2) is 41.1 Å². The first-order valence-corrected chi connectivity index (χ1v) is 7.76. The summed E-state index contributed by atoms with van der Waals surface area (Å²) in [6, 6.07) is 9.21. The average molecular weight is 285 g/mol. The Bertz CT molecular complexity index is 546. The topological polar surface area (TPSA) is 41.3 Å². The summed E-state index contributed by atoms with van der Waals surface area (Å²) in [7, 11) is 0. The third kappa shape index (κ3) is 3.45. The number of hydrogen-bond acceptors (Lipinski definition) is 4. The third-order valence-corrected chi connectivity index (χ3v) is 3.95. The number of hydrogen-bond donors (Lipinski definition) is 1. The second-order valence-electron chi connectivity index (χ2n) is 5.66. The van der Waals surface area contributed by atoms with E-state index >= 15 is 0 Å². The summed E-state index contributed by atoms with van der Waals surface area (Å²) in [5.74, 6) is 1.01. The molecule has 112 valence electrons. The predicted molar refractivity (Wildman–Crippen MR) is 84.2 cm³/mol. The molecule has 2 aromatic rings. The van der Waals surface area contributed by atoms with Crippen LogP contribution in [0.1, 0.15) is 44.2 Å². The molecule has 21 heavy (non-hydrogen) atoms. The van der Waals surface area contributed by atoms with Gasteiger partial charge in [0.25, 0.3) is 0 Å². The highest BCUT2D eigenvalue weighted by Crippen LogP contribution is 2.33. The van der Waals surface area contributed by atoms with Gasteiger partial charge in [-0.05, 0) is 50.6 Å². The monoisotopic (exact) mass is 285 g/mol. The van der Waals surface area contributed by atoms with Gasteiger partial charge in [0.2, 0.25) is 0 Å². The van der Waals surface area contributed by atoms with Crippen LogP contribution < -0.4 is 10.2 Å². The number of nitrogens with zero attached hydrogens (tertiary/aromatic N) is 2. The minimum atomic E-state index is 0.295. The largest absolute Gasteiger partial charge is 0.467 e. The predicted octanol–water partition coefficient (Wildman–Crippen LogP) is 3.51. The Morgan fingerprint density at radius 3 is 2.81 bits per heavy atom. The van der Waals surface area contributed by atoms with Gasteiger partial charge in [-0.15, -0.1) is 0 Å². The van der Waals surface area contributed by atoms with Crippen molar-refractivity contribution in [3.63, 3.8) is 0 Å². The van der Waals surface area contributed by atoms with Gasteiger partial charge in [0.1, 0.15) is 5.76 Å². The van der Waals surface area contributed by atoms with Gasteiger partial charge in [0.05, 0.1) is 30.4 Å². The maximum Gasteiger partial charge on any atom is 0.123 e. The van der Waals surface area contributed by atoms with E-state index in [1.54, 1.807) is 6.26 Å². The molecule has 1 aliphatic carbocycles. The lowest BCUT2D eigenvalue weighted by Crippen LogP contribution is -2.25. The van der Waals surface area contributed by atoms with Crippen LogP contribution in [0.5, 0.6) is 0 Å². The second-order valence-corrected chi connectivity index (χ2v) is 5.66. The van der Waals surface area contributed by atoms with Gasteiger partial charge in [-0.25, -0.2) is 0 Å². The highest BCUT2D eigenvalue weighted by molar-refractivity contribution is 5.47. The van der Waals surface area contributed by atoms with Crippen molar-refractivity contribution in [2.24, 2.45) is 0 Å². The van der Waals surface area contributed by atoms with Crippen molar-refractivity contribution in [3.05, 3.63) is 48.2 Å². The molecule has 1 fully saturated rings.